The van der Waals surface area contributed by atoms with Gasteiger partial charge in [0.15, 0.2) is 0 Å². The van der Waals surface area contributed by atoms with Crippen molar-refractivity contribution in [3.05, 3.63) is 65.5 Å². The third-order valence-electron chi connectivity index (χ3n) is 4.67. The molecule has 146 valence electrons. The van der Waals surface area contributed by atoms with Crippen molar-refractivity contribution in [3.63, 3.8) is 0 Å². The van der Waals surface area contributed by atoms with Crippen LogP contribution in [0.2, 0.25) is 0 Å². The van der Waals surface area contributed by atoms with Gasteiger partial charge in [0.05, 0.1) is 30.0 Å². The number of amides is 1. The lowest BCUT2D eigenvalue weighted by atomic mass is 9.87. The average molecular weight is 379 g/mol. The minimum absolute atomic E-state index is 0.0740. The van der Waals surface area contributed by atoms with E-state index >= 15 is 0 Å². The van der Waals surface area contributed by atoms with Crippen LogP contribution in [0.3, 0.4) is 0 Å². The fourth-order valence-electron chi connectivity index (χ4n) is 3.06. The van der Waals surface area contributed by atoms with Gasteiger partial charge < -0.3 is 14.6 Å². The van der Waals surface area contributed by atoms with E-state index in [1.807, 2.05) is 12.1 Å². The Morgan fingerprint density at radius 3 is 2.46 bits per heavy atom. The van der Waals surface area contributed by atoms with E-state index in [0.29, 0.717) is 23.1 Å². The Morgan fingerprint density at radius 2 is 1.82 bits per heavy atom. The molecular weight excluding hydrogens is 354 g/mol. The number of ether oxygens (including phenoxy) is 1. The van der Waals surface area contributed by atoms with Crippen LogP contribution in [0.15, 0.2) is 48.8 Å². The van der Waals surface area contributed by atoms with Crippen LogP contribution in [0.5, 0.6) is 0 Å². The van der Waals surface area contributed by atoms with Gasteiger partial charge in [-0.05, 0) is 28.7 Å². The molecule has 6 nitrogen and oxygen atoms in total. The molecular formula is C22H25N3O3. The highest BCUT2D eigenvalue weighted by molar-refractivity contribution is 6.02. The first-order valence-electron chi connectivity index (χ1n) is 9.18. The lowest BCUT2D eigenvalue weighted by Gasteiger charge is -2.19. The lowest BCUT2D eigenvalue weighted by Crippen LogP contribution is -2.27. The van der Waals surface area contributed by atoms with Gasteiger partial charge in [0.1, 0.15) is 6.54 Å². The van der Waals surface area contributed by atoms with Gasteiger partial charge in [-0.2, -0.15) is 0 Å². The zero-order valence-corrected chi connectivity index (χ0v) is 16.7. The number of hydrogen-bond acceptors (Lipinski definition) is 4. The smallest absolute Gasteiger partial charge is 0.340 e. The molecule has 0 unspecified atom stereocenters. The number of fused-ring (bicyclic) bond motifs is 1. The highest BCUT2D eigenvalue weighted by Crippen LogP contribution is 2.22. The number of methoxy groups -OCH3 is 1. The summed E-state index contributed by atoms with van der Waals surface area (Å²) in [5.74, 6) is -0.606. The Kier molecular flexibility index (Phi) is 5.49. The summed E-state index contributed by atoms with van der Waals surface area (Å²) < 4.78 is 6.50. The predicted molar refractivity (Wildman–Crippen MR) is 108 cm³/mol. The minimum Gasteiger partial charge on any atom is -0.465 e. The van der Waals surface area contributed by atoms with Gasteiger partial charge >= 0.3 is 5.97 Å². The third kappa shape index (κ3) is 4.22. The fraction of sp³-hybridized carbons (Fsp3) is 0.318. The van der Waals surface area contributed by atoms with Crippen molar-refractivity contribution in [2.24, 2.45) is 0 Å². The van der Waals surface area contributed by atoms with Gasteiger partial charge in [0.25, 0.3) is 0 Å². The average Bonchev–Trinajstić information content (AvgIpc) is 3.08. The number of nitrogens with one attached hydrogen (secondary N) is 1. The highest BCUT2D eigenvalue weighted by atomic mass is 16.5. The van der Waals surface area contributed by atoms with Crippen molar-refractivity contribution in [1.82, 2.24) is 14.9 Å². The maximum Gasteiger partial charge on any atom is 0.340 e. The second-order valence-electron chi connectivity index (χ2n) is 7.76. The number of para-hydroxylation sites is 1. The van der Waals surface area contributed by atoms with Crippen LogP contribution in [-0.2, 0) is 28.0 Å². The number of imidazole rings is 1. The van der Waals surface area contributed by atoms with Crippen LogP contribution >= 0.6 is 0 Å². The van der Waals surface area contributed by atoms with E-state index < -0.39 is 5.97 Å². The third-order valence-corrected chi connectivity index (χ3v) is 4.67. The van der Waals surface area contributed by atoms with Gasteiger partial charge in [-0.15, -0.1) is 0 Å². The van der Waals surface area contributed by atoms with Gasteiger partial charge in [-0.3, -0.25) is 4.79 Å². The summed E-state index contributed by atoms with van der Waals surface area (Å²) in [4.78, 5) is 28.7. The molecule has 6 heteroatoms. The quantitative estimate of drug-likeness (QED) is 0.689. The van der Waals surface area contributed by atoms with E-state index in [9.17, 15) is 9.59 Å². The number of nitrogens with zero attached hydrogens (tertiary/aromatic N) is 2. The van der Waals surface area contributed by atoms with Crippen LogP contribution < -0.4 is 5.32 Å². The van der Waals surface area contributed by atoms with E-state index in [2.05, 4.69) is 43.2 Å². The van der Waals surface area contributed by atoms with Gasteiger partial charge in [-0.25, -0.2) is 9.78 Å². The van der Waals surface area contributed by atoms with Crippen molar-refractivity contribution in [2.45, 2.75) is 39.3 Å². The second kappa shape index (κ2) is 7.84. The molecule has 0 aliphatic rings. The molecule has 3 rings (SSSR count). The molecule has 3 aromatic rings. The molecule has 28 heavy (non-hydrogen) atoms. The second-order valence-corrected chi connectivity index (χ2v) is 7.76. The maximum atomic E-state index is 12.4. The molecule has 0 bridgehead atoms. The van der Waals surface area contributed by atoms with Crippen molar-refractivity contribution >= 4 is 22.9 Å². The molecule has 0 fully saturated rings. The fourth-order valence-corrected chi connectivity index (χ4v) is 3.06. The summed E-state index contributed by atoms with van der Waals surface area (Å²) in [5.41, 5.74) is 4.02. The van der Waals surface area contributed by atoms with Gasteiger partial charge in [0.2, 0.25) is 5.91 Å². The van der Waals surface area contributed by atoms with Gasteiger partial charge in [-0.1, -0.05) is 51.1 Å². The molecule has 2 aromatic carbocycles. The van der Waals surface area contributed by atoms with E-state index in [1.165, 1.54) is 12.7 Å². The number of benzene rings is 2. The molecule has 0 spiro atoms. The van der Waals surface area contributed by atoms with Crippen LogP contribution in [-0.4, -0.2) is 28.5 Å². The molecule has 0 aliphatic carbocycles. The Morgan fingerprint density at radius 1 is 1.11 bits per heavy atom. The normalized spacial score (nSPS) is 11.4. The summed E-state index contributed by atoms with van der Waals surface area (Å²) >= 11 is 0. The van der Waals surface area contributed by atoms with Crippen LogP contribution in [0.4, 0.5) is 0 Å². The van der Waals surface area contributed by atoms with E-state index in [4.69, 9.17) is 4.74 Å². The van der Waals surface area contributed by atoms with Crippen molar-refractivity contribution in [3.8, 4) is 0 Å². The Balaban J connectivity index is 1.69. The molecule has 0 saturated carbocycles. The molecule has 1 amide bonds. The topological polar surface area (TPSA) is 73.2 Å². The van der Waals surface area contributed by atoms with E-state index in [1.54, 1.807) is 29.1 Å². The first-order chi connectivity index (χ1) is 13.3. The zero-order valence-electron chi connectivity index (χ0n) is 16.7. The van der Waals surface area contributed by atoms with E-state index in [0.717, 1.165) is 5.56 Å². The Bertz CT molecular complexity index is 998. The van der Waals surface area contributed by atoms with Crippen LogP contribution in [0.25, 0.3) is 11.0 Å². The molecule has 1 aromatic heterocycles. The molecule has 0 atom stereocenters. The number of esters is 1. The largest absolute Gasteiger partial charge is 0.465 e. The molecule has 0 saturated heterocycles. The standard InChI is InChI=1S/C22H25N3O3/c1-22(2,3)16-10-8-15(9-11-16)12-23-19(26)13-25-14-24-18-7-5-6-17(20(18)25)21(27)28-4/h5-11,14H,12-13H2,1-4H3,(H,23,26). The predicted octanol–water partition coefficient (Wildman–Crippen LogP) is 3.44. The monoisotopic (exact) mass is 379 g/mol. The summed E-state index contributed by atoms with van der Waals surface area (Å²) in [6, 6.07) is 13.5. The first-order valence-corrected chi connectivity index (χ1v) is 9.18. The lowest BCUT2D eigenvalue weighted by molar-refractivity contribution is -0.121. The number of hydrogen-bond donors (Lipinski definition) is 1. The maximum absolute atomic E-state index is 12.4. The highest BCUT2D eigenvalue weighted by Gasteiger charge is 2.16. The molecule has 1 N–H and O–H groups in total. The molecule has 0 aliphatic heterocycles. The summed E-state index contributed by atoms with van der Waals surface area (Å²) in [5, 5.41) is 2.92. The van der Waals surface area contributed by atoms with Crippen LogP contribution in [0.1, 0.15) is 42.3 Å². The SMILES string of the molecule is COC(=O)c1cccc2ncn(CC(=O)NCc3ccc(C(C)(C)C)cc3)c12. The Hall–Kier alpha value is -3.15. The number of carbonyl (C=O) groups is 2. The number of rotatable bonds is 5. The summed E-state index contributed by atoms with van der Waals surface area (Å²) in [6.45, 7) is 7.02. The molecule has 1 heterocycles. The zero-order chi connectivity index (χ0) is 20.3. The number of carbonyl (C=O) groups excluding carboxylic acids is 2. The number of aromatic nitrogens is 2. The first kappa shape index (κ1) is 19.6. The molecule has 0 radical (unpaired) electrons. The van der Waals surface area contributed by atoms with Crippen molar-refractivity contribution < 1.29 is 14.3 Å². The Labute approximate surface area is 164 Å². The van der Waals surface area contributed by atoms with Crippen molar-refractivity contribution in [1.29, 1.82) is 0 Å². The van der Waals surface area contributed by atoms with Gasteiger partial charge in [0, 0.05) is 6.54 Å². The van der Waals surface area contributed by atoms with Crippen LogP contribution in [0, 0.1) is 0 Å². The summed E-state index contributed by atoms with van der Waals surface area (Å²) in [6.07, 6.45) is 1.56. The van der Waals surface area contributed by atoms with E-state index in [-0.39, 0.29) is 17.9 Å². The van der Waals surface area contributed by atoms with Crippen molar-refractivity contribution in [2.75, 3.05) is 7.11 Å². The minimum atomic E-state index is -0.452. The summed E-state index contributed by atoms with van der Waals surface area (Å²) in [7, 11) is 1.33.